The van der Waals surface area contributed by atoms with Crippen LogP contribution in [-0.2, 0) is 16.0 Å². The van der Waals surface area contributed by atoms with Crippen molar-refractivity contribution in [1.82, 2.24) is 9.78 Å². The molecule has 0 aliphatic carbocycles. The number of aliphatic hydroxyl groups is 1. The summed E-state index contributed by atoms with van der Waals surface area (Å²) in [4.78, 5) is 0. The Morgan fingerprint density at radius 2 is 1.88 bits per heavy atom. The van der Waals surface area contributed by atoms with Gasteiger partial charge in [0.05, 0.1) is 30.6 Å². The summed E-state index contributed by atoms with van der Waals surface area (Å²) in [5, 5.41) is 13.0. The van der Waals surface area contributed by atoms with E-state index in [1.54, 1.807) is 10.9 Å². The molecular weight excluding hydrogens is 220 g/mol. The summed E-state index contributed by atoms with van der Waals surface area (Å²) in [5.74, 6) is 0. The van der Waals surface area contributed by atoms with Crippen molar-refractivity contribution in [1.29, 1.82) is 0 Å². The van der Waals surface area contributed by atoms with E-state index in [1.165, 1.54) is 0 Å². The standard InChI is InChI=1S/C12H20N2O3/c1-11(2)12(3,4)17-10(16-11)9-7-13-14(8-9)5-6-15/h7-8,10,15H,5-6H2,1-4H3. The van der Waals surface area contributed by atoms with E-state index in [4.69, 9.17) is 14.6 Å². The second-order valence-electron chi connectivity index (χ2n) is 5.35. The van der Waals surface area contributed by atoms with Gasteiger partial charge in [-0.05, 0) is 27.7 Å². The Morgan fingerprint density at radius 1 is 1.29 bits per heavy atom. The number of aromatic nitrogens is 2. The molecule has 5 nitrogen and oxygen atoms in total. The molecule has 1 aliphatic rings. The van der Waals surface area contributed by atoms with E-state index in [0.29, 0.717) is 6.54 Å². The minimum Gasteiger partial charge on any atom is -0.394 e. The van der Waals surface area contributed by atoms with E-state index in [1.807, 2.05) is 33.9 Å². The molecule has 1 aromatic rings. The normalized spacial score (nSPS) is 23.1. The zero-order chi connectivity index (χ0) is 12.7. The first-order chi connectivity index (χ1) is 7.86. The van der Waals surface area contributed by atoms with E-state index in [-0.39, 0.29) is 24.1 Å². The van der Waals surface area contributed by atoms with Crippen LogP contribution in [-0.4, -0.2) is 32.7 Å². The molecule has 0 amide bonds. The first-order valence-corrected chi connectivity index (χ1v) is 5.84. The van der Waals surface area contributed by atoms with E-state index in [2.05, 4.69) is 5.10 Å². The summed E-state index contributed by atoms with van der Waals surface area (Å²) in [5.41, 5.74) is 0.213. The molecule has 0 atom stereocenters. The van der Waals surface area contributed by atoms with Crippen LogP contribution in [0.15, 0.2) is 12.4 Å². The van der Waals surface area contributed by atoms with Crippen molar-refractivity contribution < 1.29 is 14.6 Å². The molecule has 2 heterocycles. The molecule has 1 saturated heterocycles. The van der Waals surface area contributed by atoms with Gasteiger partial charge in [-0.3, -0.25) is 4.68 Å². The van der Waals surface area contributed by atoms with Gasteiger partial charge < -0.3 is 14.6 Å². The Morgan fingerprint density at radius 3 is 2.41 bits per heavy atom. The maximum Gasteiger partial charge on any atom is 0.188 e. The van der Waals surface area contributed by atoms with Gasteiger partial charge in [0.25, 0.3) is 0 Å². The summed E-state index contributed by atoms with van der Waals surface area (Å²) >= 11 is 0. The smallest absolute Gasteiger partial charge is 0.188 e. The Labute approximate surface area is 101 Å². The number of hydrogen-bond donors (Lipinski definition) is 1. The highest BCUT2D eigenvalue weighted by atomic mass is 16.7. The van der Waals surface area contributed by atoms with Crippen LogP contribution in [0.2, 0.25) is 0 Å². The largest absolute Gasteiger partial charge is 0.394 e. The van der Waals surface area contributed by atoms with Crippen LogP contribution in [0, 0.1) is 0 Å². The van der Waals surface area contributed by atoms with Gasteiger partial charge in [-0.1, -0.05) is 0 Å². The zero-order valence-electron chi connectivity index (χ0n) is 10.8. The molecule has 2 rings (SSSR count). The summed E-state index contributed by atoms with van der Waals surface area (Å²) in [6, 6.07) is 0. The maximum absolute atomic E-state index is 8.84. The van der Waals surface area contributed by atoms with Gasteiger partial charge in [0, 0.05) is 11.8 Å². The summed E-state index contributed by atoms with van der Waals surface area (Å²) in [6.07, 6.45) is 3.18. The van der Waals surface area contributed by atoms with Crippen molar-refractivity contribution >= 4 is 0 Å². The fraction of sp³-hybridized carbons (Fsp3) is 0.750. The molecule has 1 fully saturated rings. The van der Waals surface area contributed by atoms with E-state index < -0.39 is 0 Å². The van der Waals surface area contributed by atoms with Crippen LogP contribution in [0.3, 0.4) is 0 Å². The monoisotopic (exact) mass is 240 g/mol. The average molecular weight is 240 g/mol. The minimum atomic E-state index is -0.382. The van der Waals surface area contributed by atoms with Crippen molar-refractivity contribution in [3.8, 4) is 0 Å². The molecule has 0 unspecified atom stereocenters. The van der Waals surface area contributed by atoms with Crippen LogP contribution in [0.1, 0.15) is 39.5 Å². The van der Waals surface area contributed by atoms with Gasteiger partial charge >= 0.3 is 0 Å². The lowest BCUT2D eigenvalue weighted by atomic mass is 9.90. The number of hydrogen-bond acceptors (Lipinski definition) is 4. The van der Waals surface area contributed by atoms with Crippen molar-refractivity contribution in [2.24, 2.45) is 0 Å². The molecule has 96 valence electrons. The Hall–Kier alpha value is -0.910. The second kappa shape index (κ2) is 4.08. The van der Waals surface area contributed by atoms with Gasteiger partial charge in [0.15, 0.2) is 6.29 Å². The lowest BCUT2D eigenvalue weighted by Gasteiger charge is -2.30. The minimum absolute atomic E-state index is 0.0739. The summed E-state index contributed by atoms with van der Waals surface area (Å²) in [7, 11) is 0. The Bertz CT molecular complexity index is 382. The average Bonchev–Trinajstić information content (AvgIpc) is 2.71. The van der Waals surface area contributed by atoms with Crippen LogP contribution in [0.5, 0.6) is 0 Å². The molecule has 17 heavy (non-hydrogen) atoms. The van der Waals surface area contributed by atoms with Gasteiger partial charge in [-0.25, -0.2) is 0 Å². The van der Waals surface area contributed by atoms with Crippen molar-refractivity contribution in [3.05, 3.63) is 18.0 Å². The molecule has 0 aromatic carbocycles. The predicted octanol–water partition coefficient (Wildman–Crippen LogP) is 1.48. The van der Waals surface area contributed by atoms with Crippen LogP contribution >= 0.6 is 0 Å². The molecule has 0 spiro atoms. The lowest BCUT2D eigenvalue weighted by Crippen LogP contribution is -2.41. The third-order valence-electron chi connectivity index (χ3n) is 3.51. The molecule has 1 N–H and O–H groups in total. The quantitative estimate of drug-likeness (QED) is 0.869. The van der Waals surface area contributed by atoms with Crippen LogP contribution < -0.4 is 0 Å². The Kier molecular flexibility index (Phi) is 3.01. The summed E-state index contributed by atoms with van der Waals surface area (Å²) in [6.45, 7) is 8.64. The SMILES string of the molecule is CC1(C)OC(c2cnn(CCO)c2)OC1(C)C. The molecular formula is C12H20N2O3. The van der Waals surface area contributed by atoms with Gasteiger partial charge in [-0.15, -0.1) is 0 Å². The molecule has 5 heteroatoms. The molecule has 0 saturated carbocycles. The number of rotatable bonds is 3. The fourth-order valence-electron chi connectivity index (χ4n) is 1.71. The lowest BCUT2D eigenvalue weighted by molar-refractivity contribution is -0.0896. The fourth-order valence-corrected chi connectivity index (χ4v) is 1.71. The highest BCUT2D eigenvalue weighted by Gasteiger charge is 2.49. The zero-order valence-corrected chi connectivity index (χ0v) is 10.8. The molecule has 0 radical (unpaired) electrons. The molecule has 0 bridgehead atoms. The molecule has 1 aliphatic heterocycles. The van der Waals surface area contributed by atoms with Gasteiger partial charge in [0.2, 0.25) is 0 Å². The number of aliphatic hydroxyl groups excluding tert-OH is 1. The molecule has 1 aromatic heterocycles. The van der Waals surface area contributed by atoms with Crippen molar-refractivity contribution in [2.45, 2.75) is 51.7 Å². The summed E-state index contributed by atoms with van der Waals surface area (Å²) < 4.78 is 13.5. The predicted molar refractivity (Wildman–Crippen MR) is 62.4 cm³/mol. The van der Waals surface area contributed by atoms with E-state index >= 15 is 0 Å². The highest BCUT2D eigenvalue weighted by molar-refractivity contribution is 5.10. The van der Waals surface area contributed by atoms with Gasteiger partial charge in [-0.2, -0.15) is 5.10 Å². The van der Waals surface area contributed by atoms with Crippen LogP contribution in [0.25, 0.3) is 0 Å². The third-order valence-corrected chi connectivity index (χ3v) is 3.51. The van der Waals surface area contributed by atoms with Crippen molar-refractivity contribution in [3.63, 3.8) is 0 Å². The van der Waals surface area contributed by atoms with Crippen LogP contribution in [0.4, 0.5) is 0 Å². The maximum atomic E-state index is 8.84. The number of nitrogens with zero attached hydrogens (tertiary/aromatic N) is 2. The van der Waals surface area contributed by atoms with Crippen molar-refractivity contribution in [2.75, 3.05) is 6.61 Å². The Balaban J connectivity index is 2.14. The van der Waals surface area contributed by atoms with Gasteiger partial charge in [0.1, 0.15) is 0 Å². The third kappa shape index (κ3) is 2.22. The second-order valence-corrected chi connectivity index (χ2v) is 5.35. The van der Waals surface area contributed by atoms with E-state index in [0.717, 1.165) is 5.56 Å². The van der Waals surface area contributed by atoms with E-state index in [9.17, 15) is 0 Å². The highest BCUT2D eigenvalue weighted by Crippen LogP contribution is 2.44. The first kappa shape index (κ1) is 12.5. The topological polar surface area (TPSA) is 56.5 Å². The number of ether oxygens (including phenoxy) is 2. The first-order valence-electron chi connectivity index (χ1n) is 5.84.